The molecule has 0 aliphatic carbocycles. The zero-order valence-electron chi connectivity index (χ0n) is 13.2. The van der Waals surface area contributed by atoms with Crippen molar-refractivity contribution in [3.63, 3.8) is 0 Å². The topological polar surface area (TPSA) is 38.0 Å². The lowest BCUT2D eigenvalue weighted by Gasteiger charge is -2.20. The first-order valence-electron chi connectivity index (χ1n) is 7.98. The Morgan fingerprint density at radius 1 is 0.696 bits per heavy atom. The van der Waals surface area contributed by atoms with Crippen LogP contribution >= 0.6 is 0 Å². The molecular weight excluding hydrogens is 280 g/mol. The maximum absolute atomic E-state index is 5.74. The summed E-state index contributed by atoms with van der Waals surface area (Å²) in [7, 11) is 0. The highest BCUT2D eigenvalue weighted by Gasteiger charge is 2.12. The van der Waals surface area contributed by atoms with Gasteiger partial charge in [-0.2, -0.15) is 0 Å². The van der Waals surface area contributed by atoms with Crippen molar-refractivity contribution in [2.24, 2.45) is 5.73 Å². The Balaban J connectivity index is 1.82. The van der Waals surface area contributed by atoms with E-state index in [9.17, 15) is 0 Å². The SMILES string of the molecule is NCc1cccc(CNC(c2ccccc2)c2ccccc2)c1. The first kappa shape index (κ1) is 15.5. The zero-order chi connectivity index (χ0) is 15.9. The number of hydrogen-bond donors (Lipinski definition) is 2. The van der Waals surface area contributed by atoms with E-state index in [-0.39, 0.29) is 6.04 Å². The molecule has 0 saturated heterocycles. The number of rotatable bonds is 6. The van der Waals surface area contributed by atoms with Crippen LogP contribution in [0.15, 0.2) is 84.9 Å². The van der Waals surface area contributed by atoms with Gasteiger partial charge in [-0.05, 0) is 22.3 Å². The van der Waals surface area contributed by atoms with Crippen LogP contribution in [-0.2, 0) is 13.1 Å². The number of hydrogen-bond acceptors (Lipinski definition) is 2. The molecule has 23 heavy (non-hydrogen) atoms. The van der Waals surface area contributed by atoms with Crippen molar-refractivity contribution in [2.75, 3.05) is 0 Å². The lowest BCUT2D eigenvalue weighted by molar-refractivity contribution is 0.605. The van der Waals surface area contributed by atoms with Gasteiger partial charge < -0.3 is 11.1 Å². The van der Waals surface area contributed by atoms with Gasteiger partial charge in [0.15, 0.2) is 0 Å². The molecule has 116 valence electrons. The molecule has 0 bridgehead atoms. The third kappa shape index (κ3) is 4.07. The van der Waals surface area contributed by atoms with Gasteiger partial charge in [0.25, 0.3) is 0 Å². The molecule has 0 aliphatic rings. The second-order valence-electron chi connectivity index (χ2n) is 5.66. The van der Waals surface area contributed by atoms with Crippen LogP contribution in [0.1, 0.15) is 28.3 Å². The molecule has 0 radical (unpaired) electrons. The highest BCUT2D eigenvalue weighted by atomic mass is 14.9. The lowest BCUT2D eigenvalue weighted by atomic mass is 9.98. The third-order valence-corrected chi connectivity index (χ3v) is 4.00. The summed E-state index contributed by atoms with van der Waals surface area (Å²) in [6, 6.07) is 29.7. The molecule has 0 spiro atoms. The fourth-order valence-corrected chi connectivity index (χ4v) is 2.81. The molecule has 0 heterocycles. The average Bonchev–Trinajstić information content (AvgIpc) is 2.64. The molecule has 0 atom stereocenters. The van der Waals surface area contributed by atoms with E-state index in [4.69, 9.17) is 5.73 Å². The van der Waals surface area contributed by atoms with Crippen molar-refractivity contribution in [1.82, 2.24) is 5.32 Å². The summed E-state index contributed by atoms with van der Waals surface area (Å²) >= 11 is 0. The van der Waals surface area contributed by atoms with Crippen LogP contribution in [0.5, 0.6) is 0 Å². The maximum atomic E-state index is 5.74. The van der Waals surface area contributed by atoms with Gasteiger partial charge in [0, 0.05) is 13.1 Å². The Labute approximate surface area is 138 Å². The molecule has 0 amide bonds. The van der Waals surface area contributed by atoms with Crippen molar-refractivity contribution < 1.29 is 0 Å². The largest absolute Gasteiger partial charge is 0.326 e. The summed E-state index contributed by atoms with van der Waals surface area (Å²) in [5.41, 5.74) is 10.7. The number of benzene rings is 3. The molecule has 0 unspecified atom stereocenters. The summed E-state index contributed by atoms with van der Waals surface area (Å²) in [6.45, 7) is 1.39. The summed E-state index contributed by atoms with van der Waals surface area (Å²) in [5.74, 6) is 0. The molecule has 3 rings (SSSR count). The minimum atomic E-state index is 0.180. The van der Waals surface area contributed by atoms with Gasteiger partial charge in [0.05, 0.1) is 6.04 Å². The van der Waals surface area contributed by atoms with Crippen LogP contribution in [0, 0.1) is 0 Å². The van der Waals surface area contributed by atoms with Crippen molar-refractivity contribution in [1.29, 1.82) is 0 Å². The zero-order valence-corrected chi connectivity index (χ0v) is 13.2. The molecule has 0 aromatic heterocycles. The van der Waals surface area contributed by atoms with Gasteiger partial charge >= 0.3 is 0 Å². The van der Waals surface area contributed by atoms with Crippen LogP contribution < -0.4 is 11.1 Å². The normalized spacial score (nSPS) is 10.9. The van der Waals surface area contributed by atoms with Crippen molar-refractivity contribution in [2.45, 2.75) is 19.1 Å². The highest BCUT2D eigenvalue weighted by Crippen LogP contribution is 2.22. The molecule has 3 aromatic rings. The van der Waals surface area contributed by atoms with Crippen LogP contribution in [0.2, 0.25) is 0 Å². The highest BCUT2D eigenvalue weighted by molar-refractivity contribution is 5.32. The van der Waals surface area contributed by atoms with E-state index in [0.717, 1.165) is 6.54 Å². The van der Waals surface area contributed by atoms with Gasteiger partial charge in [-0.1, -0.05) is 84.9 Å². The predicted molar refractivity (Wildman–Crippen MR) is 95.9 cm³/mol. The van der Waals surface area contributed by atoms with Crippen molar-refractivity contribution >= 4 is 0 Å². The summed E-state index contributed by atoms with van der Waals surface area (Å²) in [5, 5.41) is 3.68. The number of nitrogens with one attached hydrogen (secondary N) is 1. The second-order valence-corrected chi connectivity index (χ2v) is 5.66. The van der Waals surface area contributed by atoms with Crippen LogP contribution in [-0.4, -0.2) is 0 Å². The summed E-state index contributed by atoms with van der Waals surface area (Å²) < 4.78 is 0. The Hall–Kier alpha value is -2.42. The van der Waals surface area contributed by atoms with E-state index >= 15 is 0 Å². The second kappa shape index (κ2) is 7.73. The monoisotopic (exact) mass is 302 g/mol. The Bertz CT molecular complexity index is 684. The first-order chi connectivity index (χ1) is 11.4. The van der Waals surface area contributed by atoms with E-state index in [1.54, 1.807) is 0 Å². The Morgan fingerprint density at radius 2 is 1.26 bits per heavy atom. The van der Waals surface area contributed by atoms with E-state index in [0.29, 0.717) is 6.54 Å². The van der Waals surface area contributed by atoms with Crippen molar-refractivity contribution in [3.05, 3.63) is 107 Å². The quantitative estimate of drug-likeness (QED) is 0.721. The standard InChI is InChI=1S/C21H22N2/c22-15-17-8-7-9-18(14-17)16-23-21(19-10-3-1-4-11-19)20-12-5-2-6-13-20/h1-14,21,23H,15-16,22H2. The lowest BCUT2D eigenvalue weighted by Crippen LogP contribution is -2.22. The molecule has 2 nitrogen and oxygen atoms in total. The Kier molecular flexibility index (Phi) is 5.20. The van der Waals surface area contributed by atoms with E-state index in [2.05, 4.69) is 90.2 Å². The van der Waals surface area contributed by atoms with Gasteiger partial charge in [-0.3, -0.25) is 0 Å². The first-order valence-corrected chi connectivity index (χ1v) is 7.98. The van der Waals surface area contributed by atoms with Crippen LogP contribution in [0.4, 0.5) is 0 Å². The fraction of sp³-hybridized carbons (Fsp3) is 0.143. The average molecular weight is 302 g/mol. The molecular formula is C21H22N2. The molecule has 0 fully saturated rings. The molecule has 3 N–H and O–H groups in total. The third-order valence-electron chi connectivity index (χ3n) is 4.00. The molecule has 3 aromatic carbocycles. The minimum Gasteiger partial charge on any atom is -0.326 e. The van der Waals surface area contributed by atoms with E-state index in [1.807, 2.05) is 0 Å². The summed E-state index contributed by atoms with van der Waals surface area (Å²) in [6.07, 6.45) is 0. The maximum Gasteiger partial charge on any atom is 0.0579 e. The predicted octanol–water partition coefficient (Wildman–Crippen LogP) is 4.02. The molecule has 0 saturated carbocycles. The van der Waals surface area contributed by atoms with Gasteiger partial charge in [-0.15, -0.1) is 0 Å². The van der Waals surface area contributed by atoms with Crippen LogP contribution in [0.3, 0.4) is 0 Å². The van der Waals surface area contributed by atoms with E-state index < -0.39 is 0 Å². The molecule has 2 heteroatoms. The number of nitrogens with two attached hydrogens (primary N) is 1. The van der Waals surface area contributed by atoms with Gasteiger partial charge in [0.1, 0.15) is 0 Å². The Morgan fingerprint density at radius 3 is 1.83 bits per heavy atom. The fourth-order valence-electron chi connectivity index (χ4n) is 2.81. The van der Waals surface area contributed by atoms with E-state index in [1.165, 1.54) is 22.3 Å². The van der Waals surface area contributed by atoms with Crippen LogP contribution in [0.25, 0.3) is 0 Å². The minimum absolute atomic E-state index is 0.180. The summed E-state index contributed by atoms with van der Waals surface area (Å²) in [4.78, 5) is 0. The smallest absolute Gasteiger partial charge is 0.0579 e. The van der Waals surface area contributed by atoms with Gasteiger partial charge in [0.2, 0.25) is 0 Å². The molecule has 0 aliphatic heterocycles. The van der Waals surface area contributed by atoms with Crippen molar-refractivity contribution in [3.8, 4) is 0 Å². The van der Waals surface area contributed by atoms with Gasteiger partial charge in [-0.25, -0.2) is 0 Å².